The SMILES string of the molecule is NCC(=O)C(Cl)CO. The van der Waals surface area contributed by atoms with Crippen LogP contribution in [0, 0.1) is 0 Å². The minimum absolute atomic E-state index is 0.102. The molecule has 0 fully saturated rings. The number of carbonyl (C=O) groups is 1. The summed E-state index contributed by atoms with van der Waals surface area (Å²) in [7, 11) is 0. The van der Waals surface area contributed by atoms with E-state index in [2.05, 4.69) is 0 Å². The molecule has 3 N–H and O–H groups in total. The summed E-state index contributed by atoms with van der Waals surface area (Å²) in [5, 5.41) is 7.41. The summed E-state index contributed by atoms with van der Waals surface area (Å²) < 4.78 is 0. The van der Waals surface area contributed by atoms with Crippen LogP contribution in [0.2, 0.25) is 0 Å². The van der Waals surface area contributed by atoms with Gasteiger partial charge in [0.05, 0.1) is 13.2 Å². The standard InChI is InChI=1S/C4H8ClNO2/c5-3(2-7)4(8)1-6/h3,7H,1-2,6H2. The van der Waals surface area contributed by atoms with Crippen LogP contribution in [0.25, 0.3) is 0 Å². The van der Waals surface area contributed by atoms with Gasteiger partial charge in [0.2, 0.25) is 0 Å². The molecule has 0 bridgehead atoms. The molecule has 0 aliphatic carbocycles. The second kappa shape index (κ2) is 3.83. The van der Waals surface area contributed by atoms with Crippen molar-refractivity contribution >= 4 is 17.4 Å². The first-order valence-electron chi connectivity index (χ1n) is 2.20. The molecule has 8 heavy (non-hydrogen) atoms. The predicted molar refractivity (Wildman–Crippen MR) is 30.8 cm³/mol. The normalized spacial score (nSPS) is 13.4. The van der Waals surface area contributed by atoms with Crippen molar-refractivity contribution in [2.75, 3.05) is 13.2 Å². The molecule has 0 amide bonds. The second-order valence-corrected chi connectivity index (χ2v) is 1.85. The molecular formula is C4H8ClNO2. The number of alkyl halides is 1. The van der Waals surface area contributed by atoms with Gasteiger partial charge < -0.3 is 10.8 Å². The molecule has 0 aliphatic heterocycles. The first-order chi connectivity index (χ1) is 3.72. The van der Waals surface area contributed by atoms with E-state index in [0.717, 1.165) is 0 Å². The third-order valence-corrected chi connectivity index (χ3v) is 1.09. The van der Waals surface area contributed by atoms with E-state index in [0.29, 0.717) is 0 Å². The van der Waals surface area contributed by atoms with Crippen LogP contribution in [-0.4, -0.2) is 29.4 Å². The van der Waals surface area contributed by atoms with Gasteiger partial charge in [-0.1, -0.05) is 0 Å². The molecule has 0 saturated heterocycles. The summed E-state index contributed by atoms with van der Waals surface area (Å²) in [5.74, 6) is -0.325. The van der Waals surface area contributed by atoms with Crippen LogP contribution in [0.4, 0.5) is 0 Å². The maximum atomic E-state index is 10.3. The maximum absolute atomic E-state index is 10.3. The number of aliphatic hydroxyl groups excluding tert-OH is 1. The van der Waals surface area contributed by atoms with E-state index in [1.807, 2.05) is 0 Å². The van der Waals surface area contributed by atoms with Gasteiger partial charge in [-0.2, -0.15) is 0 Å². The van der Waals surface area contributed by atoms with Crippen molar-refractivity contribution in [1.29, 1.82) is 0 Å². The monoisotopic (exact) mass is 137 g/mol. The Morgan fingerprint density at radius 1 is 1.88 bits per heavy atom. The molecule has 0 aliphatic rings. The van der Waals surface area contributed by atoms with Gasteiger partial charge >= 0.3 is 0 Å². The zero-order chi connectivity index (χ0) is 6.57. The molecule has 0 aromatic carbocycles. The molecule has 0 spiro atoms. The van der Waals surface area contributed by atoms with Crippen LogP contribution in [0.15, 0.2) is 0 Å². The second-order valence-electron chi connectivity index (χ2n) is 1.32. The molecule has 1 unspecified atom stereocenters. The topological polar surface area (TPSA) is 63.3 Å². The Morgan fingerprint density at radius 3 is 2.50 bits per heavy atom. The van der Waals surface area contributed by atoms with Crippen molar-refractivity contribution in [2.45, 2.75) is 5.38 Å². The highest BCUT2D eigenvalue weighted by molar-refractivity contribution is 6.31. The van der Waals surface area contributed by atoms with Crippen LogP contribution >= 0.6 is 11.6 Å². The predicted octanol–water partition coefficient (Wildman–Crippen LogP) is -0.886. The molecule has 0 radical (unpaired) electrons. The quantitative estimate of drug-likeness (QED) is 0.497. The van der Waals surface area contributed by atoms with E-state index >= 15 is 0 Å². The molecule has 0 saturated carbocycles. The van der Waals surface area contributed by atoms with Gasteiger partial charge in [0.15, 0.2) is 5.78 Å². The fourth-order valence-electron chi connectivity index (χ4n) is 0.230. The van der Waals surface area contributed by atoms with Gasteiger partial charge in [0.25, 0.3) is 0 Å². The Labute approximate surface area is 52.4 Å². The summed E-state index contributed by atoms with van der Waals surface area (Å²) in [4.78, 5) is 10.3. The largest absolute Gasteiger partial charge is 0.394 e. The molecule has 0 aromatic rings. The minimum Gasteiger partial charge on any atom is -0.394 e. The van der Waals surface area contributed by atoms with Crippen molar-refractivity contribution < 1.29 is 9.90 Å². The van der Waals surface area contributed by atoms with Crippen LogP contribution in [0.1, 0.15) is 0 Å². The van der Waals surface area contributed by atoms with Crippen LogP contribution in [0.3, 0.4) is 0 Å². The van der Waals surface area contributed by atoms with Crippen molar-refractivity contribution in [1.82, 2.24) is 0 Å². The average molecular weight is 138 g/mol. The fraction of sp³-hybridized carbons (Fsp3) is 0.750. The van der Waals surface area contributed by atoms with E-state index in [1.165, 1.54) is 0 Å². The highest BCUT2D eigenvalue weighted by Gasteiger charge is 2.10. The van der Waals surface area contributed by atoms with E-state index in [1.54, 1.807) is 0 Å². The summed E-state index contributed by atoms with van der Waals surface area (Å²) in [6.45, 7) is -0.438. The van der Waals surface area contributed by atoms with Gasteiger partial charge in [0.1, 0.15) is 5.38 Å². The summed E-state index contributed by atoms with van der Waals surface area (Å²) in [6, 6.07) is 0. The molecule has 1 atom stereocenters. The number of rotatable bonds is 3. The number of hydrogen-bond acceptors (Lipinski definition) is 3. The smallest absolute Gasteiger partial charge is 0.166 e. The lowest BCUT2D eigenvalue weighted by Gasteiger charge is -1.98. The van der Waals surface area contributed by atoms with Gasteiger partial charge in [-0.05, 0) is 0 Å². The van der Waals surface area contributed by atoms with Crippen molar-refractivity contribution in [2.24, 2.45) is 5.73 Å². The van der Waals surface area contributed by atoms with Crippen LogP contribution in [0.5, 0.6) is 0 Å². The van der Waals surface area contributed by atoms with E-state index in [-0.39, 0.29) is 18.9 Å². The Balaban J connectivity index is 3.46. The Morgan fingerprint density at radius 2 is 2.38 bits per heavy atom. The van der Waals surface area contributed by atoms with Gasteiger partial charge in [-0.3, -0.25) is 4.79 Å². The van der Waals surface area contributed by atoms with Gasteiger partial charge in [0, 0.05) is 0 Å². The van der Waals surface area contributed by atoms with E-state index in [9.17, 15) is 4.79 Å². The van der Waals surface area contributed by atoms with Gasteiger partial charge in [-0.25, -0.2) is 0 Å². The van der Waals surface area contributed by atoms with Crippen LogP contribution < -0.4 is 5.73 Å². The number of hydrogen-bond donors (Lipinski definition) is 2. The maximum Gasteiger partial charge on any atom is 0.166 e. The van der Waals surface area contributed by atoms with Crippen LogP contribution in [-0.2, 0) is 4.79 Å². The zero-order valence-corrected chi connectivity index (χ0v) is 5.06. The number of aliphatic hydroxyl groups is 1. The Bertz CT molecular complexity index is 86.1. The van der Waals surface area contributed by atoms with Gasteiger partial charge in [-0.15, -0.1) is 11.6 Å². The number of ketones is 1. The lowest BCUT2D eigenvalue weighted by molar-refractivity contribution is -0.118. The fourth-order valence-corrected chi connectivity index (χ4v) is 0.319. The molecule has 0 heterocycles. The third-order valence-electron chi connectivity index (χ3n) is 0.711. The molecule has 0 rings (SSSR count). The summed E-state index contributed by atoms with van der Waals surface area (Å²) in [5.41, 5.74) is 4.90. The van der Waals surface area contributed by atoms with Crippen molar-refractivity contribution in [3.63, 3.8) is 0 Å². The lowest BCUT2D eigenvalue weighted by Crippen LogP contribution is -2.26. The number of nitrogens with two attached hydrogens (primary N) is 1. The summed E-state index contributed by atoms with van der Waals surface area (Å²) in [6.07, 6.45) is 0. The highest BCUT2D eigenvalue weighted by atomic mass is 35.5. The first kappa shape index (κ1) is 7.88. The molecule has 4 heteroatoms. The lowest BCUT2D eigenvalue weighted by atomic mass is 10.3. The average Bonchev–Trinajstić information content (AvgIpc) is 1.84. The molecule has 48 valence electrons. The first-order valence-corrected chi connectivity index (χ1v) is 2.63. The van der Waals surface area contributed by atoms with Crippen molar-refractivity contribution in [3.8, 4) is 0 Å². The number of Topliss-reactive ketones (excluding diaryl/α,β-unsaturated/α-hetero) is 1. The summed E-state index contributed by atoms with van der Waals surface area (Å²) >= 11 is 5.24. The van der Waals surface area contributed by atoms with E-state index < -0.39 is 5.38 Å². The molecule has 0 aromatic heterocycles. The number of halogens is 1. The third kappa shape index (κ3) is 2.26. The number of carbonyl (C=O) groups excluding carboxylic acids is 1. The molecular weight excluding hydrogens is 130 g/mol. The zero-order valence-electron chi connectivity index (χ0n) is 4.30. The highest BCUT2D eigenvalue weighted by Crippen LogP contribution is 1.92. The molecule has 3 nitrogen and oxygen atoms in total. The minimum atomic E-state index is -0.819. The van der Waals surface area contributed by atoms with Crippen molar-refractivity contribution in [3.05, 3.63) is 0 Å². The Hall–Kier alpha value is -0.120. The Kier molecular flexibility index (Phi) is 3.77. The van der Waals surface area contributed by atoms with E-state index in [4.69, 9.17) is 22.4 Å².